The second-order valence-corrected chi connectivity index (χ2v) is 6.48. The van der Waals surface area contributed by atoms with E-state index < -0.39 is 0 Å². The quantitative estimate of drug-likeness (QED) is 0.856. The van der Waals surface area contributed by atoms with Crippen LogP contribution in [0.5, 0.6) is 0 Å². The fourth-order valence-corrected chi connectivity index (χ4v) is 3.41. The molecule has 2 N–H and O–H groups in total. The highest BCUT2D eigenvalue weighted by molar-refractivity contribution is 5.77. The van der Waals surface area contributed by atoms with E-state index in [2.05, 4.69) is 31.3 Å². The molecule has 20 heavy (non-hydrogen) atoms. The monoisotopic (exact) mass is 275 g/mol. The number of benzene rings is 1. The van der Waals surface area contributed by atoms with Crippen molar-refractivity contribution in [2.75, 3.05) is 19.6 Å². The molecule has 0 saturated carbocycles. The van der Waals surface area contributed by atoms with Gasteiger partial charge in [0.05, 0.1) is 19.1 Å². The average molecular weight is 275 g/mol. The van der Waals surface area contributed by atoms with Crippen LogP contribution in [0.15, 0.2) is 30.3 Å². The molecule has 0 radical (unpaired) electrons. The lowest BCUT2D eigenvalue weighted by molar-refractivity contribution is -0.904. The molecule has 1 heterocycles. The Kier molecular flexibility index (Phi) is 5.18. The summed E-state index contributed by atoms with van der Waals surface area (Å²) in [6.45, 7) is 9.48. The first-order chi connectivity index (χ1) is 9.54. The minimum Gasteiger partial charge on any atom is -0.345 e. The SMILES string of the molecule is C[C@H]1C[C@H](C)C[NH+](CC(=O)N[C@@H](C)c2ccccc2)C1. The number of carbonyl (C=O) groups is 1. The van der Waals surface area contributed by atoms with Gasteiger partial charge in [-0.05, 0) is 18.9 Å². The topological polar surface area (TPSA) is 33.5 Å². The Morgan fingerprint density at radius 1 is 1.25 bits per heavy atom. The van der Waals surface area contributed by atoms with Crippen molar-refractivity contribution in [3.05, 3.63) is 35.9 Å². The lowest BCUT2D eigenvalue weighted by atomic mass is 9.92. The van der Waals surface area contributed by atoms with E-state index in [4.69, 9.17) is 0 Å². The largest absolute Gasteiger partial charge is 0.345 e. The van der Waals surface area contributed by atoms with Crippen LogP contribution < -0.4 is 10.2 Å². The van der Waals surface area contributed by atoms with Crippen LogP contribution in [0.2, 0.25) is 0 Å². The molecular weight excluding hydrogens is 248 g/mol. The number of likely N-dealkylation sites (tertiary alicyclic amines) is 1. The molecule has 0 aromatic heterocycles. The summed E-state index contributed by atoms with van der Waals surface area (Å²) >= 11 is 0. The highest BCUT2D eigenvalue weighted by atomic mass is 16.2. The summed E-state index contributed by atoms with van der Waals surface area (Å²) in [5, 5.41) is 3.11. The van der Waals surface area contributed by atoms with Gasteiger partial charge in [-0.2, -0.15) is 0 Å². The van der Waals surface area contributed by atoms with Gasteiger partial charge < -0.3 is 10.2 Å². The minimum absolute atomic E-state index is 0.0859. The molecule has 2 rings (SSSR count). The van der Waals surface area contributed by atoms with Gasteiger partial charge >= 0.3 is 0 Å². The Bertz CT molecular complexity index is 422. The summed E-state index contributed by atoms with van der Waals surface area (Å²) in [5.41, 5.74) is 1.16. The Labute approximate surface area is 122 Å². The summed E-state index contributed by atoms with van der Waals surface area (Å²) < 4.78 is 0. The van der Waals surface area contributed by atoms with Crippen molar-refractivity contribution < 1.29 is 9.69 Å². The zero-order valence-corrected chi connectivity index (χ0v) is 12.9. The van der Waals surface area contributed by atoms with E-state index in [9.17, 15) is 4.79 Å². The smallest absolute Gasteiger partial charge is 0.275 e. The van der Waals surface area contributed by atoms with Gasteiger partial charge in [-0.1, -0.05) is 44.2 Å². The van der Waals surface area contributed by atoms with Crippen LogP contribution in [0.4, 0.5) is 0 Å². The van der Waals surface area contributed by atoms with Crippen LogP contribution in [-0.2, 0) is 4.79 Å². The molecule has 0 aliphatic carbocycles. The molecule has 3 nitrogen and oxygen atoms in total. The Balaban J connectivity index is 1.83. The van der Waals surface area contributed by atoms with Gasteiger partial charge in [0.15, 0.2) is 6.54 Å². The fraction of sp³-hybridized carbons (Fsp3) is 0.588. The third-order valence-corrected chi connectivity index (χ3v) is 4.17. The molecule has 1 aliphatic rings. The number of nitrogens with one attached hydrogen (secondary N) is 2. The third-order valence-electron chi connectivity index (χ3n) is 4.17. The first-order valence-corrected chi connectivity index (χ1v) is 7.72. The van der Waals surface area contributed by atoms with Crippen molar-refractivity contribution in [3.63, 3.8) is 0 Å². The summed E-state index contributed by atoms with van der Waals surface area (Å²) in [4.78, 5) is 13.6. The number of hydrogen-bond donors (Lipinski definition) is 2. The van der Waals surface area contributed by atoms with Gasteiger partial charge in [0.1, 0.15) is 0 Å². The first kappa shape index (κ1) is 15.0. The van der Waals surface area contributed by atoms with E-state index >= 15 is 0 Å². The molecule has 1 aromatic carbocycles. The average Bonchev–Trinajstić information content (AvgIpc) is 2.38. The van der Waals surface area contributed by atoms with Crippen LogP contribution in [0, 0.1) is 11.8 Å². The second-order valence-electron chi connectivity index (χ2n) is 6.48. The number of piperidine rings is 1. The van der Waals surface area contributed by atoms with Gasteiger partial charge in [0.25, 0.3) is 5.91 Å². The van der Waals surface area contributed by atoms with Gasteiger partial charge in [-0.15, -0.1) is 0 Å². The summed E-state index contributed by atoms with van der Waals surface area (Å²) in [5.74, 6) is 1.62. The van der Waals surface area contributed by atoms with E-state index in [1.807, 2.05) is 25.1 Å². The van der Waals surface area contributed by atoms with Gasteiger partial charge in [-0.25, -0.2) is 0 Å². The van der Waals surface area contributed by atoms with E-state index in [0.717, 1.165) is 30.5 Å². The molecule has 1 aliphatic heterocycles. The highest BCUT2D eigenvalue weighted by Gasteiger charge is 2.26. The standard InChI is InChI=1S/C17H26N2O/c1-13-9-14(2)11-19(10-13)12-17(20)18-15(3)16-7-5-4-6-8-16/h4-8,13-15H,9-12H2,1-3H3,(H,18,20)/p+1/t13-,14-,15-/m0/s1. The van der Waals surface area contributed by atoms with Crippen LogP contribution >= 0.6 is 0 Å². The molecule has 3 atom stereocenters. The zero-order valence-electron chi connectivity index (χ0n) is 12.9. The predicted octanol–water partition coefficient (Wildman–Crippen LogP) is 1.42. The first-order valence-electron chi connectivity index (χ1n) is 7.72. The molecule has 3 heteroatoms. The molecular formula is C17H27N2O+. The minimum atomic E-state index is 0.0859. The van der Waals surface area contributed by atoms with Gasteiger partial charge in [-0.3, -0.25) is 4.79 Å². The van der Waals surface area contributed by atoms with E-state index in [0.29, 0.717) is 6.54 Å². The fourth-order valence-electron chi connectivity index (χ4n) is 3.41. The van der Waals surface area contributed by atoms with Crippen molar-refractivity contribution >= 4 is 5.91 Å². The van der Waals surface area contributed by atoms with Crippen LogP contribution in [0.25, 0.3) is 0 Å². The Hall–Kier alpha value is -1.35. The number of amides is 1. The molecule has 1 fully saturated rings. The van der Waals surface area contributed by atoms with E-state index in [1.54, 1.807) is 0 Å². The number of rotatable bonds is 4. The van der Waals surface area contributed by atoms with Crippen LogP contribution in [0.1, 0.15) is 38.8 Å². The van der Waals surface area contributed by atoms with E-state index in [1.165, 1.54) is 11.3 Å². The Morgan fingerprint density at radius 3 is 2.45 bits per heavy atom. The molecule has 0 spiro atoms. The van der Waals surface area contributed by atoms with Gasteiger partial charge in [0, 0.05) is 11.8 Å². The number of carbonyl (C=O) groups excluding carboxylic acids is 1. The van der Waals surface area contributed by atoms with Crippen molar-refractivity contribution in [1.82, 2.24) is 5.32 Å². The van der Waals surface area contributed by atoms with Crippen molar-refractivity contribution in [3.8, 4) is 0 Å². The molecule has 1 saturated heterocycles. The predicted molar refractivity (Wildman–Crippen MR) is 81.5 cm³/mol. The second kappa shape index (κ2) is 6.89. The van der Waals surface area contributed by atoms with Crippen LogP contribution in [-0.4, -0.2) is 25.5 Å². The maximum absolute atomic E-state index is 12.2. The zero-order chi connectivity index (χ0) is 14.5. The maximum Gasteiger partial charge on any atom is 0.275 e. The van der Waals surface area contributed by atoms with Crippen LogP contribution in [0.3, 0.4) is 0 Å². The normalized spacial score (nSPS) is 27.9. The summed E-state index contributed by atoms with van der Waals surface area (Å²) in [7, 11) is 0. The molecule has 0 unspecified atom stereocenters. The lowest BCUT2D eigenvalue weighted by Crippen LogP contribution is -3.15. The summed E-state index contributed by atoms with van der Waals surface area (Å²) in [6.07, 6.45) is 1.30. The third kappa shape index (κ3) is 4.34. The van der Waals surface area contributed by atoms with Crippen molar-refractivity contribution in [2.45, 2.75) is 33.2 Å². The summed E-state index contributed by atoms with van der Waals surface area (Å²) in [6, 6.07) is 10.2. The highest BCUT2D eigenvalue weighted by Crippen LogP contribution is 2.12. The Morgan fingerprint density at radius 2 is 1.85 bits per heavy atom. The number of hydrogen-bond acceptors (Lipinski definition) is 1. The van der Waals surface area contributed by atoms with E-state index in [-0.39, 0.29) is 11.9 Å². The van der Waals surface area contributed by atoms with Crippen molar-refractivity contribution in [1.29, 1.82) is 0 Å². The lowest BCUT2D eigenvalue weighted by Gasteiger charge is -2.31. The van der Waals surface area contributed by atoms with Gasteiger partial charge in [0.2, 0.25) is 0 Å². The molecule has 0 bridgehead atoms. The number of quaternary nitrogens is 1. The molecule has 1 amide bonds. The molecule has 110 valence electrons. The van der Waals surface area contributed by atoms with Crippen molar-refractivity contribution in [2.24, 2.45) is 11.8 Å². The maximum atomic E-state index is 12.2. The molecule has 1 aromatic rings.